The average Bonchev–Trinajstić information content (AvgIpc) is 3.44. The highest BCUT2D eigenvalue weighted by atomic mass is 32.1. The van der Waals surface area contributed by atoms with Crippen LogP contribution in [0.25, 0.3) is 10.2 Å². The van der Waals surface area contributed by atoms with Gasteiger partial charge in [-0.25, -0.2) is 4.98 Å². The molecule has 14 heteroatoms. The van der Waals surface area contributed by atoms with Crippen molar-refractivity contribution in [1.82, 2.24) is 4.98 Å². The fourth-order valence-corrected chi connectivity index (χ4v) is 13.7. The Balaban J connectivity index is 2.35. The minimum absolute atomic E-state index is 0.576. The van der Waals surface area contributed by atoms with Crippen molar-refractivity contribution >= 4 is 48.0 Å². The van der Waals surface area contributed by atoms with E-state index in [1.54, 1.807) is 32.7 Å². The van der Waals surface area contributed by atoms with Gasteiger partial charge in [-0.3, -0.25) is 0 Å². The third kappa shape index (κ3) is 12.1. The molecular weight excluding hydrogens is 647 g/mol. The van der Waals surface area contributed by atoms with Crippen molar-refractivity contribution in [2.45, 2.75) is 98.2 Å². The van der Waals surface area contributed by atoms with Crippen LogP contribution in [0.1, 0.15) is 76.9 Å². The van der Waals surface area contributed by atoms with Crippen LogP contribution in [0.3, 0.4) is 0 Å². The zero-order chi connectivity index (χ0) is 33.2. The number of hydrogen-bond acceptors (Lipinski definition) is 11. The molecule has 0 atom stereocenters. The van der Waals surface area contributed by atoms with Gasteiger partial charge in [-0.15, -0.1) is 11.3 Å². The van der Waals surface area contributed by atoms with E-state index < -0.39 is 26.4 Å². The second kappa shape index (κ2) is 21.4. The Hall–Kier alpha value is -0.599. The average molecular weight is 706 g/mol. The predicted molar refractivity (Wildman–Crippen MR) is 187 cm³/mol. The van der Waals surface area contributed by atoms with Crippen molar-refractivity contribution in [3.8, 4) is 0 Å². The number of nitrogens with zero attached hydrogens (tertiary/aromatic N) is 1. The summed E-state index contributed by atoms with van der Waals surface area (Å²) in [4.78, 5) is 5.20. The molecule has 0 radical (unpaired) electrons. The van der Waals surface area contributed by atoms with Crippen LogP contribution in [0, 0.1) is 0 Å². The Labute approximate surface area is 279 Å². The van der Waals surface area contributed by atoms with E-state index in [4.69, 9.17) is 44.8 Å². The summed E-state index contributed by atoms with van der Waals surface area (Å²) in [6.07, 6.45) is 5.30. The van der Waals surface area contributed by atoms with Gasteiger partial charge in [-0.1, -0.05) is 6.07 Å². The Morgan fingerprint density at radius 1 is 0.556 bits per heavy atom. The molecule has 0 amide bonds. The predicted octanol–water partition coefficient (Wildman–Crippen LogP) is 7.07. The molecule has 260 valence electrons. The van der Waals surface area contributed by atoms with Crippen LogP contribution in [0.15, 0.2) is 12.1 Å². The molecule has 0 saturated carbocycles. The number of benzene rings is 1. The van der Waals surface area contributed by atoms with Crippen LogP contribution < -0.4 is 0 Å². The number of rotatable bonds is 27. The smallest absolute Gasteiger partial charge is 0.377 e. The normalized spacial score (nSPS) is 12.9. The summed E-state index contributed by atoms with van der Waals surface area (Å²) in [5.74, 6) is 0. The Morgan fingerprint density at radius 3 is 1.42 bits per heavy atom. The zero-order valence-corrected chi connectivity index (χ0v) is 33.1. The van der Waals surface area contributed by atoms with E-state index in [9.17, 15) is 0 Å². The minimum Gasteiger partial charge on any atom is -0.377 e. The van der Waals surface area contributed by atoms with E-state index >= 15 is 0 Å². The molecule has 0 saturated heterocycles. The van der Waals surface area contributed by atoms with Crippen LogP contribution >= 0.6 is 11.3 Å². The fraction of sp³-hybridized carbons (Fsp3) is 0.774. The van der Waals surface area contributed by atoms with Gasteiger partial charge in [0, 0.05) is 79.1 Å². The Morgan fingerprint density at radius 2 is 0.978 bits per heavy atom. The van der Waals surface area contributed by atoms with Crippen molar-refractivity contribution < 1.29 is 39.8 Å². The number of aromatic nitrogens is 1. The molecule has 0 aliphatic carbocycles. The first kappa shape index (κ1) is 40.6. The van der Waals surface area contributed by atoms with Crippen molar-refractivity contribution in [2.75, 3.05) is 61.0 Å². The van der Waals surface area contributed by atoms with Gasteiger partial charge in [0.2, 0.25) is 0 Å². The van der Waals surface area contributed by atoms with Gasteiger partial charge in [-0.2, -0.15) is 0 Å². The summed E-state index contributed by atoms with van der Waals surface area (Å²) in [5.41, 5.74) is 3.71. The summed E-state index contributed by atoms with van der Waals surface area (Å²) in [6.45, 7) is 15.5. The zero-order valence-electron chi connectivity index (χ0n) is 29.3. The van der Waals surface area contributed by atoms with Gasteiger partial charge in [0.05, 0.1) is 15.2 Å². The van der Waals surface area contributed by atoms with Gasteiger partial charge < -0.3 is 39.8 Å². The lowest BCUT2D eigenvalue weighted by molar-refractivity contribution is 0.0699. The lowest BCUT2D eigenvalue weighted by Gasteiger charge is -2.29. The van der Waals surface area contributed by atoms with Crippen molar-refractivity contribution in [1.29, 1.82) is 0 Å². The first-order valence-electron chi connectivity index (χ1n) is 16.7. The fourth-order valence-electron chi connectivity index (χ4n) is 5.75. The standard InChI is InChI=1S/C31H59NO9SSi3/c1-10-36-44(37-11-2,38-12-3)25-16-19-27-22-23-29-31(32-30(42-29)21-18-24-43(33-7,34-8)35-9)28(27)20-17-26-45(39-13-4,40-14-5)41-15-6/h22-23H,10-21,24-26H2,1-9H3. The molecule has 0 aliphatic heterocycles. The molecule has 10 nitrogen and oxygen atoms in total. The molecule has 1 aromatic carbocycles. The van der Waals surface area contributed by atoms with Crippen LogP contribution in [-0.2, 0) is 59.1 Å². The summed E-state index contributed by atoms with van der Waals surface area (Å²) in [6, 6.07) is 6.80. The molecule has 45 heavy (non-hydrogen) atoms. The molecule has 0 fully saturated rings. The topological polar surface area (TPSA) is 96.0 Å². The molecule has 0 N–H and O–H groups in total. The van der Waals surface area contributed by atoms with Crippen molar-refractivity contribution in [2.24, 2.45) is 0 Å². The summed E-state index contributed by atoms with van der Waals surface area (Å²) in [7, 11) is -3.10. The number of aryl methyl sites for hydroxylation is 3. The summed E-state index contributed by atoms with van der Waals surface area (Å²) in [5, 5.41) is 1.12. The van der Waals surface area contributed by atoms with Crippen LogP contribution in [-0.4, -0.2) is 92.4 Å². The Bertz CT molecular complexity index is 1050. The van der Waals surface area contributed by atoms with E-state index in [2.05, 4.69) is 12.1 Å². The van der Waals surface area contributed by atoms with E-state index in [1.807, 2.05) is 41.5 Å². The monoisotopic (exact) mass is 705 g/mol. The first-order valence-corrected chi connectivity index (χ1v) is 23.3. The second-order valence-corrected chi connectivity index (χ2v) is 20.1. The van der Waals surface area contributed by atoms with Gasteiger partial charge in [0.25, 0.3) is 0 Å². The molecule has 1 aromatic heterocycles. The van der Waals surface area contributed by atoms with Gasteiger partial charge >= 0.3 is 26.4 Å². The maximum absolute atomic E-state index is 6.16. The maximum atomic E-state index is 6.16. The summed E-state index contributed by atoms with van der Waals surface area (Å²) < 4.78 is 55.0. The van der Waals surface area contributed by atoms with Crippen molar-refractivity contribution in [3.05, 3.63) is 28.3 Å². The second-order valence-electron chi connectivity index (χ2n) is 10.5. The molecule has 2 aromatic rings. The van der Waals surface area contributed by atoms with Gasteiger partial charge in [0.1, 0.15) is 0 Å². The van der Waals surface area contributed by atoms with Gasteiger partial charge in [0.15, 0.2) is 0 Å². The minimum atomic E-state index is -2.75. The molecule has 2 rings (SSSR count). The van der Waals surface area contributed by atoms with Crippen LogP contribution in [0.5, 0.6) is 0 Å². The highest BCUT2D eigenvalue weighted by Crippen LogP contribution is 2.32. The van der Waals surface area contributed by atoms with Crippen molar-refractivity contribution in [3.63, 3.8) is 0 Å². The Kier molecular flexibility index (Phi) is 19.3. The van der Waals surface area contributed by atoms with E-state index in [0.29, 0.717) is 39.6 Å². The van der Waals surface area contributed by atoms with E-state index in [0.717, 1.165) is 67.2 Å². The maximum Gasteiger partial charge on any atom is 0.500 e. The van der Waals surface area contributed by atoms with E-state index in [1.165, 1.54) is 15.8 Å². The largest absolute Gasteiger partial charge is 0.500 e. The SMILES string of the molecule is CCO[Si](CCCc1ccc2sc(CCC[Si](OC)(OC)OC)nc2c1CCC[Si](OCC)(OCC)OCC)(OCC)OCC. The molecule has 0 spiro atoms. The molecule has 1 heterocycles. The van der Waals surface area contributed by atoms with Crippen LogP contribution in [0.2, 0.25) is 18.1 Å². The quantitative estimate of drug-likeness (QED) is 0.0899. The number of thiazole rings is 1. The lowest BCUT2D eigenvalue weighted by Crippen LogP contribution is -2.46. The first-order chi connectivity index (χ1) is 21.8. The lowest BCUT2D eigenvalue weighted by atomic mass is 9.98. The van der Waals surface area contributed by atoms with Gasteiger partial charge in [-0.05, 0) is 97.3 Å². The number of hydrogen-bond donors (Lipinski definition) is 0. The van der Waals surface area contributed by atoms with E-state index in [-0.39, 0.29) is 0 Å². The third-order valence-corrected chi connectivity index (χ3v) is 17.9. The third-order valence-electron chi connectivity index (χ3n) is 7.64. The highest BCUT2D eigenvalue weighted by Gasteiger charge is 2.41. The molecular formula is C31H59NO9SSi3. The molecule has 0 unspecified atom stereocenters. The molecule has 0 aliphatic rings. The molecule has 0 bridgehead atoms. The summed E-state index contributed by atoms with van der Waals surface area (Å²) >= 11 is 1.77. The number of fused-ring (bicyclic) bond motifs is 1. The van der Waals surface area contributed by atoms with Crippen LogP contribution in [0.4, 0.5) is 0 Å². The highest BCUT2D eigenvalue weighted by molar-refractivity contribution is 7.18.